The maximum Gasteiger partial charge on any atom is 0.275 e. The van der Waals surface area contributed by atoms with Crippen LogP contribution in [0.2, 0.25) is 0 Å². The van der Waals surface area contributed by atoms with Crippen LogP contribution in [0.3, 0.4) is 0 Å². The Bertz CT molecular complexity index is 730. The number of aromatic nitrogens is 1. The molecule has 0 spiro atoms. The highest BCUT2D eigenvalue weighted by atomic mass is 32.1. The average Bonchev–Trinajstić information content (AvgIpc) is 3.19. The Labute approximate surface area is 156 Å². The fraction of sp³-hybridized carbons (Fsp3) is 0.444. The monoisotopic (exact) mass is 377 g/mol. The van der Waals surface area contributed by atoms with Crippen LogP contribution in [0, 0.1) is 0 Å². The zero-order valence-electron chi connectivity index (χ0n) is 15.0. The first-order valence-corrected chi connectivity index (χ1v) is 9.63. The van der Waals surface area contributed by atoms with Crippen molar-refractivity contribution < 1.29 is 19.0 Å². The summed E-state index contributed by atoms with van der Waals surface area (Å²) >= 11 is 1.38. The van der Waals surface area contributed by atoms with Crippen molar-refractivity contribution in [2.24, 2.45) is 0 Å². The molecule has 140 valence electrons. The fourth-order valence-electron chi connectivity index (χ4n) is 2.76. The Morgan fingerprint density at radius 3 is 2.62 bits per heavy atom. The van der Waals surface area contributed by atoms with Gasteiger partial charge in [0.05, 0.1) is 43.3 Å². The van der Waals surface area contributed by atoms with E-state index in [4.69, 9.17) is 14.2 Å². The molecule has 1 N–H and O–H groups in total. The van der Waals surface area contributed by atoms with E-state index in [0.29, 0.717) is 49.3 Å². The molecule has 1 aromatic heterocycles. The van der Waals surface area contributed by atoms with Gasteiger partial charge in [-0.1, -0.05) is 0 Å². The summed E-state index contributed by atoms with van der Waals surface area (Å²) in [5, 5.41) is 4.59. The Morgan fingerprint density at radius 2 is 1.96 bits per heavy atom. The molecule has 0 atom stereocenters. The smallest absolute Gasteiger partial charge is 0.275 e. The molecule has 1 saturated heterocycles. The predicted octanol–water partition coefficient (Wildman–Crippen LogP) is 3.03. The summed E-state index contributed by atoms with van der Waals surface area (Å²) in [6, 6.07) is 3.75. The second-order valence-corrected chi connectivity index (χ2v) is 6.33. The molecule has 0 aliphatic carbocycles. The number of thiazole rings is 1. The number of anilines is 2. The first kappa shape index (κ1) is 18.5. The Balaban J connectivity index is 1.94. The highest BCUT2D eigenvalue weighted by Gasteiger charge is 2.21. The van der Waals surface area contributed by atoms with Crippen LogP contribution in [0.25, 0.3) is 0 Å². The number of amides is 1. The minimum atomic E-state index is -0.270. The summed E-state index contributed by atoms with van der Waals surface area (Å²) in [4.78, 5) is 18.7. The molecule has 3 rings (SSSR count). The summed E-state index contributed by atoms with van der Waals surface area (Å²) in [7, 11) is 0. The van der Waals surface area contributed by atoms with Crippen molar-refractivity contribution in [2.45, 2.75) is 13.8 Å². The van der Waals surface area contributed by atoms with Crippen molar-refractivity contribution in [2.75, 3.05) is 49.7 Å². The second-order valence-electron chi connectivity index (χ2n) is 5.61. The summed E-state index contributed by atoms with van der Waals surface area (Å²) in [6.45, 7) is 7.81. The van der Waals surface area contributed by atoms with Gasteiger partial charge in [0.25, 0.3) is 5.91 Å². The third-order valence-electron chi connectivity index (χ3n) is 3.93. The number of carbonyl (C=O) groups excluding carboxylic acids is 1. The molecule has 7 nitrogen and oxygen atoms in total. The molecule has 1 aliphatic heterocycles. The SMILES string of the molecule is CCOc1cc(N2CCOCC2)c(OCC)cc1NC(=O)c1cscn1. The molecule has 1 fully saturated rings. The Morgan fingerprint density at radius 1 is 1.23 bits per heavy atom. The quantitative estimate of drug-likeness (QED) is 0.800. The van der Waals surface area contributed by atoms with Crippen LogP contribution in [0.15, 0.2) is 23.0 Å². The zero-order chi connectivity index (χ0) is 18.4. The number of hydrogen-bond acceptors (Lipinski definition) is 7. The average molecular weight is 377 g/mol. The van der Waals surface area contributed by atoms with Crippen molar-refractivity contribution in [3.8, 4) is 11.5 Å². The first-order chi connectivity index (χ1) is 12.7. The Kier molecular flexibility index (Phi) is 6.30. The number of carbonyl (C=O) groups is 1. The van der Waals surface area contributed by atoms with E-state index in [9.17, 15) is 4.79 Å². The molecule has 0 saturated carbocycles. The van der Waals surface area contributed by atoms with E-state index in [1.54, 1.807) is 10.9 Å². The minimum Gasteiger partial charge on any atom is -0.492 e. The number of benzene rings is 1. The zero-order valence-corrected chi connectivity index (χ0v) is 15.8. The standard InChI is InChI=1S/C18H23N3O4S/c1-3-24-16-10-15(21-5-7-23-8-6-21)17(25-4-2)9-13(16)20-18(22)14-11-26-12-19-14/h9-12H,3-8H2,1-2H3,(H,20,22). The van der Waals surface area contributed by atoms with Crippen LogP contribution in [0.4, 0.5) is 11.4 Å². The molecule has 1 aromatic carbocycles. The van der Waals surface area contributed by atoms with Crippen molar-refractivity contribution >= 4 is 28.6 Å². The highest BCUT2D eigenvalue weighted by Crippen LogP contribution is 2.39. The topological polar surface area (TPSA) is 72.9 Å². The minimum absolute atomic E-state index is 0.270. The van der Waals surface area contributed by atoms with Crippen LogP contribution < -0.4 is 19.7 Å². The molecule has 2 aromatic rings. The van der Waals surface area contributed by atoms with Gasteiger partial charge < -0.3 is 24.4 Å². The largest absolute Gasteiger partial charge is 0.492 e. The number of nitrogens with one attached hydrogen (secondary N) is 1. The number of morpholine rings is 1. The van der Waals surface area contributed by atoms with Crippen LogP contribution in [0.1, 0.15) is 24.3 Å². The normalized spacial score (nSPS) is 14.2. The number of rotatable bonds is 7. The van der Waals surface area contributed by atoms with Gasteiger partial charge in [0, 0.05) is 30.6 Å². The van der Waals surface area contributed by atoms with Gasteiger partial charge in [0.15, 0.2) is 0 Å². The number of hydrogen-bond donors (Lipinski definition) is 1. The lowest BCUT2D eigenvalue weighted by atomic mass is 10.2. The summed E-state index contributed by atoms with van der Waals surface area (Å²) in [6.07, 6.45) is 0. The van der Waals surface area contributed by atoms with E-state index in [2.05, 4.69) is 15.2 Å². The van der Waals surface area contributed by atoms with Gasteiger partial charge >= 0.3 is 0 Å². The lowest BCUT2D eigenvalue weighted by Gasteiger charge is -2.31. The maximum absolute atomic E-state index is 12.4. The maximum atomic E-state index is 12.4. The number of nitrogens with zero attached hydrogens (tertiary/aromatic N) is 2. The van der Waals surface area contributed by atoms with Crippen LogP contribution >= 0.6 is 11.3 Å². The molecule has 1 amide bonds. The van der Waals surface area contributed by atoms with Gasteiger partial charge in [-0.05, 0) is 13.8 Å². The second kappa shape index (κ2) is 8.86. The van der Waals surface area contributed by atoms with Crippen LogP contribution in [0.5, 0.6) is 11.5 Å². The van der Waals surface area contributed by atoms with Gasteiger partial charge in [-0.15, -0.1) is 11.3 Å². The van der Waals surface area contributed by atoms with Gasteiger partial charge in [-0.25, -0.2) is 4.98 Å². The van der Waals surface area contributed by atoms with E-state index in [-0.39, 0.29) is 5.91 Å². The molecule has 0 bridgehead atoms. The van der Waals surface area contributed by atoms with E-state index in [1.165, 1.54) is 11.3 Å². The lowest BCUT2D eigenvalue weighted by molar-refractivity contribution is 0.102. The predicted molar refractivity (Wildman–Crippen MR) is 102 cm³/mol. The summed E-state index contributed by atoms with van der Waals surface area (Å²) in [5.41, 5.74) is 3.54. The molecular weight excluding hydrogens is 354 g/mol. The molecule has 1 aliphatic rings. The summed E-state index contributed by atoms with van der Waals surface area (Å²) in [5.74, 6) is 1.06. The molecule has 2 heterocycles. The molecule has 0 radical (unpaired) electrons. The molecule has 8 heteroatoms. The highest BCUT2D eigenvalue weighted by molar-refractivity contribution is 7.07. The number of ether oxygens (including phenoxy) is 3. The van der Waals surface area contributed by atoms with Crippen LogP contribution in [-0.4, -0.2) is 50.4 Å². The third kappa shape index (κ3) is 4.25. The molecule has 0 unspecified atom stereocenters. The molecular formula is C18H23N3O4S. The fourth-order valence-corrected chi connectivity index (χ4v) is 3.29. The van der Waals surface area contributed by atoms with Crippen LogP contribution in [-0.2, 0) is 4.74 Å². The lowest BCUT2D eigenvalue weighted by Crippen LogP contribution is -2.36. The van der Waals surface area contributed by atoms with Crippen molar-refractivity contribution in [1.82, 2.24) is 4.98 Å². The van der Waals surface area contributed by atoms with Gasteiger partial charge in [-0.3, -0.25) is 4.79 Å². The van der Waals surface area contributed by atoms with E-state index in [0.717, 1.165) is 18.8 Å². The summed E-state index contributed by atoms with van der Waals surface area (Å²) < 4.78 is 17.0. The van der Waals surface area contributed by atoms with Gasteiger partial charge in [-0.2, -0.15) is 0 Å². The van der Waals surface area contributed by atoms with E-state index in [1.807, 2.05) is 26.0 Å². The van der Waals surface area contributed by atoms with E-state index < -0.39 is 0 Å². The van der Waals surface area contributed by atoms with Gasteiger partial charge in [0.2, 0.25) is 0 Å². The first-order valence-electron chi connectivity index (χ1n) is 8.68. The Hall–Kier alpha value is -2.32. The van der Waals surface area contributed by atoms with Gasteiger partial charge in [0.1, 0.15) is 17.2 Å². The third-order valence-corrected chi connectivity index (χ3v) is 4.51. The van der Waals surface area contributed by atoms with Crippen molar-refractivity contribution in [3.05, 3.63) is 28.7 Å². The van der Waals surface area contributed by atoms with E-state index >= 15 is 0 Å². The van der Waals surface area contributed by atoms with Crippen molar-refractivity contribution in [3.63, 3.8) is 0 Å². The molecule has 26 heavy (non-hydrogen) atoms. The van der Waals surface area contributed by atoms with Crippen molar-refractivity contribution in [1.29, 1.82) is 0 Å².